The molecule has 0 radical (unpaired) electrons. The summed E-state index contributed by atoms with van der Waals surface area (Å²) in [5, 5.41) is 2.77. The van der Waals surface area contributed by atoms with Crippen LogP contribution in [-0.2, 0) is 17.4 Å². The van der Waals surface area contributed by atoms with Gasteiger partial charge >= 0.3 is 6.18 Å². The number of hydrogen-bond acceptors (Lipinski definition) is 1. The van der Waals surface area contributed by atoms with Gasteiger partial charge in [-0.05, 0) is 49.3 Å². The topological polar surface area (TPSA) is 29.1 Å². The van der Waals surface area contributed by atoms with Crippen LogP contribution in [0.2, 0.25) is 0 Å². The van der Waals surface area contributed by atoms with Gasteiger partial charge in [0.1, 0.15) is 0 Å². The van der Waals surface area contributed by atoms with Gasteiger partial charge in [0.05, 0.1) is 5.56 Å². The molecule has 106 valence electrons. The highest BCUT2D eigenvalue weighted by Gasteiger charge is 2.38. The summed E-state index contributed by atoms with van der Waals surface area (Å²) in [6, 6.07) is 5.25. The lowest BCUT2D eigenvalue weighted by molar-refractivity contribution is -0.137. The van der Waals surface area contributed by atoms with Crippen LogP contribution in [0, 0.1) is 17.8 Å². The molecule has 1 aliphatic rings. The summed E-state index contributed by atoms with van der Waals surface area (Å²) in [7, 11) is 0. The van der Waals surface area contributed by atoms with E-state index in [2.05, 4.69) is 17.2 Å². The summed E-state index contributed by atoms with van der Waals surface area (Å²) in [5.41, 5.74) is 0.210. The molecule has 20 heavy (non-hydrogen) atoms. The average molecular weight is 281 g/mol. The Bertz CT molecular complexity index is 551. The molecule has 5 heteroatoms. The van der Waals surface area contributed by atoms with Crippen LogP contribution in [0.15, 0.2) is 24.3 Å². The number of alkyl halides is 3. The van der Waals surface area contributed by atoms with Gasteiger partial charge in [0.2, 0.25) is 0 Å². The van der Waals surface area contributed by atoms with Gasteiger partial charge in [0.15, 0.2) is 0 Å². The summed E-state index contributed by atoms with van der Waals surface area (Å²) >= 11 is 0. The first-order chi connectivity index (χ1) is 9.40. The molecule has 2 nitrogen and oxygen atoms in total. The lowest BCUT2D eigenvalue weighted by Gasteiger charge is -2.07. The van der Waals surface area contributed by atoms with E-state index >= 15 is 0 Å². The van der Waals surface area contributed by atoms with Crippen molar-refractivity contribution in [3.63, 3.8) is 0 Å². The molecule has 1 fully saturated rings. The minimum atomic E-state index is -4.30. The molecule has 0 heterocycles. The maximum atomic E-state index is 12.4. The molecule has 2 atom stereocenters. The number of hydrogen-bond donors (Lipinski definition) is 1. The van der Waals surface area contributed by atoms with Crippen LogP contribution in [0.4, 0.5) is 13.2 Å². The number of benzene rings is 1. The number of amides is 1. The number of halogens is 3. The number of carbonyl (C=O) groups is 1. The molecule has 0 bridgehead atoms. The molecular formula is C15H14F3NO. The number of nitrogens with one attached hydrogen (secondary N) is 1. The Kier molecular flexibility index (Phi) is 4.03. The quantitative estimate of drug-likeness (QED) is 0.848. The second-order valence-corrected chi connectivity index (χ2v) is 4.85. The number of carbonyl (C=O) groups excluding carboxylic acids is 1. The maximum absolute atomic E-state index is 12.4. The minimum Gasteiger partial charge on any atom is -0.342 e. The second kappa shape index (κ2) is 5.58. The highest BCUT2D eigenvalue weighted by atomic mass is 19.4. The molecule has 0 saturated heterocycles. The molecule has 0 aliphatic heterocycles. The summed E-state index contributed by atoms with van der Waals surface area (Å²) in [4.78, 5) is 11.2. The smallest absolute Gasteiger partial charge is 0.342 e. The van der Waals surface area contributed by atoms with Gasteiger partial charge in [0.25, 0.3) is 5.91 Å². The predicted octanol–water partition coefficient (Wildman–Crippen LogP) is 2.78. The van der Waals surface area contributed by atoms with Crippen LogP contribution < -0.4 is 5.32 Å². The van der Waals surface area contributed by atoms with Gasteiger partial charge in [-0.1, -0.05) is 18.1 Å². The van der Waals surface area contributed by atoms with E-state index in [-0.39, 0.29) is 17.9 Å². The predicted molar refractivity (Wildman–Crippen MR) is 68.6 cm³/mol. The van der Waals surface area contributed by atoms with E-state index in [0.717, 1.165) is 24.1 Å². The van der Waals surface area contributed by atoms with Crippen LogP contribution in [0.5, 0.6) is 0 Å². The van der Waals surface area contributed by atoms with Gasteiger partial charge in [-0.2, -0.15) is 13.2 Å². The Hall–Kier alpha value is -1.96. The summed E-state index contributed by atoms with van der Waals surface area (Å²) in [6.45, 7) is 1.59. The molecule has 0 unspecified atom stereocenters. The maximum Gasteiger partial charge on any atom is 0.416 e. The largest absolute Gasteiger partial charge is 0.416 e. The summed E-state index contributed by atoms with van der Waals surface area (Å²) in [5.74, 6) is 4.90. The Labute approximate surface area is 115 Å². The molecule has 1 aliphatic carbocycles. The second-order valence-electron chi connectivity index (χ2n) is 4.85. The molecule has 1 N–H and O–H groups in total. The molecule has 0 spiro atoms. The molecule has 1 aromatic carbocycles. The molecule has 2 rings (SSSR count). The van der Waals surface area contributed by atoms with Crippen molar-refractivity contribution >= 4 is 5.91 Å². The minimum absolute atomic E-state index is 0.0886. The van der Waals surface area contributed by atoms with Crippen LogP contribution in [-0.4, -0.2) is 11.9 Å². The van der Waals surface area contributed by atoms with Crippen LogP contribution in [0.1, 0.15) is 24.5 Å². The fourth-order valence-corrected chi connectivity index (χ4v) is 2.10. The van der Waals surface area contributed by atoms with Gasteiger partial charge in [-0.15, -0.1) is 0 Å². The highest BCUT2D eigenvalue weighted by molar-refractivity contribution is 5.93. The molecular weight excluding hydrogens is 267 g/mol. The third-order valence-corrected chi connectivity index (χ3v) is 3.26. The van der Waals surface area contributed by atoms with E-state index < -0.39 is 11.7 Å². The first kappa shape index (κ1) is 14.4. The third-order valence-electron chi connectivity index (χ3n) is 3.26. The van der Waals surface area contributed by atoms with E-state index in [1.54, 1.807) is 6.92 Å². The Morgan fingerprint density at radius 1 is 1.35 bits per heavy atom. The number of rotatable bonds is 3. The molecule has 1 aromatic rings. The monoisotopic (exact) mass is 281 g/mol. The SMILES string of the molecule is CC#CC(=O)N[C@@H]1C[C@H]1Cc1ccc(C(F)(F)F)cc1. The van der Waals surface area contributed by atoms with E-state index in [0.29, 0.717) is 6.42 Å². The lowest BCUT2D eigenvalue weighted by Crippen LogP contribution is -2.25. The van der Waals surface area contributed by atoms with Crippen molar-refractivity contribution in [3.05, 3.63) is 35.4 Å². The van der Waals surface area contributed by atoms with Gasteiger partial charge in [-0.25, -0.2) is 0 Å². The first-order valence-electron chi connectivity index (χ1n) is 6.29. The van der Waals surface area contributed by atoms with E-state index in [4.69, 9.17) is 0 Å². The van der Waals surface area contributed by atoms with Crippen LogP contribution in [0.25, 0.3) is 0 Å². The fraction of sp³-hybridized carbons (Fsp3) is 0.400. The van der Waals surface area contributed by atoms with Crippen molar-refractivity contribution < 1.29 is 18.0 Å². The Balaban J connectivity index is 1.86. The summed E-state index contributed by atoms with van der Waals surface area (Å²) in [6.07, 6.45) is -2.78. The van der Waals surface area contributed by atoms with Crippen molar-refractivity contribution in [2.24, 2.45) is 5.92 Å². The first-order valence-corrected chi connectivity index (χ1v) is 6.29. The zero-order chi connectivity index (χ0) is 14.8. The standard InChI is InChI=1S/C15H14F3NO/c1-2-3-14(20)19-13-9-11(13)8-10-4-6-12(7-5-10)15(16,17)18/h4-7,11,13H,8-9H2,1H3,(H,19,20)/t11-,13-/m1/s1. The van der Waals surface area contributed by atoms with Crippen LogP contribution >= 0.6 is 0 Å². The van der Waals surface area contributed by atoms with E-state index in [9.17, 15) is 18.0 Å². The van der Waals surface area contributed by atoms with E-state index in [1.807, 2.05) is 0 Å². The zero-order valence-electron chi connectivity index (χ0n) is 10.9. The van der Waals surface area contributed by atoms with Crippen LogP contribution in [0.3, 0.4) is 0 Å². The molecule has 1 saturated carbocycles. The van der Waals surface area contributed by atoms with Gasteiger partial charge < -0.3 is 5.32 Å². The van der Waals surface area contributed by atoms with Crippen molar-refractivity contribution in [1.29, 1.82) is 0 Å². The van der Waals surface area contributed by atoms with Gasteiger partial charge in [-0.3, -0.25) is 4.79 Å². The van der Waals surface area contributed by atoms with Crippen molar-refractivity contribution in [2.45, 2.75) is 32.0 Å². The van der Waals surface area contributed by atoms with Crippen molar-refractivity contribution in [2.75, 3.05) is 0 Å². The molecule has 1 amide bonds. The third kappa shape index (κ3) is 3.77. The van der Waals surface area contributed by atoms with Crippen molar-refractivity contribution in [1.82, 2.24) is 5.32 Å². The Morgan fingerprint density at radius 2 is 2.00 bits per heavy atom. The van der Waals surface area contributed by atoms with E-state index in [1.165, 1.54) is 12.1 Å². The summed E-state index contributed by atoms with van der Waals surface area (Å²) < 4.78 is 37.2. The fourth-order valence-electron chi connectivity index (χ4n) is 2.10. The van der Waals surface area contributed by atoms with Crippen molar-refractivity contribution in [3.8, 4) is 11.8 Å². The average Bonchev–Trinajstić information content (AvgIpc) is 3.06. The normalized spacial score (nSPS) is 20.8. The zero-order valence-corrected chi connectivity index (χ0v) is 10.9. The van der Waals surface area contributed by atoms with Gasteiger partial charge in [0, 0.05) is 6.04 Å². The Morgan fingerprint density at radius 3 is 2.55 bits per heavy atom. The molecule has 0 aromatic heterocycles. The highest BCUT2D eigenvalue weighted by Crippen LogP contribution is 2.35. The lowest BCUT2D eigenvalue weighted by atomic mass is 10.1.